The number of hydrogen-bond donors (Lipinski definition) is 1. The third-order valence-corrected chi connectivity index (χ3v) is 2.94. The van der Waals surface area contributed by atoms with Crippen LogP contribution in [-0.4, -0.2) is 11.1 Å². The molecule has 1 heterocycles. The van der Waals surface area contributed by atoms with E-state index in [1.54, 1.807) is 31.3 Å². The second-order valence-corrected chi connectivity index (χ2v) is 5.03. The Balaban J connectivity index is 2.23. The van der Waals surface area contributed by atoms with Crippen LogP contribution in [0.25, 0.3) is 0 Å². The van der Waals surface area contributed by atoms with Crippen LogP contribution in [0.5, 0.6) is 5.88 Å². The molecule has 2 aromatic rings. The molecule has 1 aromatic carbocycles. The van der Waals surface area contributed by atoms with Crippen molar-refractivity contribution in [3.05, 3.63) is 53.7 Å². The molecule has 0 fully saturated rings. The van der Waals surface area contributed by atoms with Crippen LogP contribution in [0.4, 0.5) is 14.5 Å². The van der Waals surface area contributed by atoms with Crippen molar-refractivity contribution in [3.8, 4) is 5.88 Å². The third kappa shape index (κ3) is 3.68. The largest absolute Gasteiger partial charge is 0.473 e. The zero-order chi connectivity index (χ0) is 15.4. The fourth-order valence-electron chi connectivity index (χ4n) is 1.98. The Bertz CT molecular complexity index is 617. The number of anilines is 1. The molecule has 0 aliphatic rings. The number of nitrogens with zero attached hydrogens (tertiary/aromatic N) is 1. The fourth-order valence-corrected chi connectivity index (χ4v) is 1.98. The molecule has 1 N–H and O–H groups in total. The van der Waals surface area contributed by atoms with Gasteiger partial charge in [-0.25, -0.2) is 13.8 Å². The van der Waals surface area contributed by atoms with E-state index in [-0.39, 0.29) is 11.7 Å². The Morgan fingerprint density at radius 1 is 1.10 bits per heavy atom. The van der Waals surface area contributed by atoms with Crippen LogP contribution in [0.3, 0.4) is 0 Å². The normalized spacial score (nSPS) is 12.3. The predicted octanol–water partition coefficient (Wildman–Crippen LogP) is 4.32. The molecular formula is C16H18F2N2O. The third-order valence-electron chi connectivity index (χ3n) is 2.94. The number of hydrogen-bond acceptors (Lipinski definition) is 3. The molecule has 1 unspecified atom stereocenters. The monoisotopic (exact) mass is 292 g/mol. The lowest BCUT2D eigenvalue weighted by Gasteiger charge is -2.19. The molecule has 1 aromatic heterocycles. The summed E-state index contributed by atoms with van der Waals surface area (Å²) in [6, 6.07) is 7.26. The molecule has 0 bridgehead atoms. The summed E-state index contributed by atoms with van der Waals surface area (Å²) < 4.78 is 32.7. The molecule has 0 aliphatic heterocycles. The van der Waals surface area contributed by atoms with Gasteiger partial charge in [-0.1, -0.05) is 12.1 Å². The van der Waals surface area contributed by atoms with Crippen LogP contribution in [0, 0.1) is 11.6 Å². The molecule has 2 rings (SSSR count). The van der Waals surface area contributed by atoms with Gasteiger partial charge in [0.2, 0.25) is 5.88 Å². The summed E-state index contributed by atoms with van der Waals surface area (Å²) >= 11 is 0. The van der Waals surface area contributed by atoms with E-state index in [4.69, 9.17) is 4.74 Å². The van der Waals surface area contributed by atoms with E-state index in [0.29, 0.717) is 11.6 Å². The molecule has 21 heavy (non-hydrogen) atoms. The zero-order valence-corrected chi connectivity index (χ0v) is 12.2. The summed E-state index contributed by atoms with van der Waals surface area (Å²) in [5, 5.41) is 3.11. The maximum absolute atomic E-state index is 13.8. The van der Waals surface area contributed by atoms with Gasteiger partial charge < -0.3 is 10.1 Å². The first-order valence-corrected chi connectivity index (χ1v) is 6.81. The summed E-state index contributed by atoms with van der Waals surface area (Å²) in [5.74, 6) is -1.25. The van der Waals surface area contributed by atoms with Crippen molar-refractivity contribution in [1.82, 2.24) is 4.98 Å². The average Bonchev–Trinajstić information content (AvgIpc) is 2.43. The molecule has 1 atom stereocenters. The molecule has 112 valence electrons. The van der Waals surface area contributed by atoms with E-state index in [2.05, 4.69) is 10.3 Å². The highest BCUT2D eigenvalue weighted by Gasteiger charge is 2.16. The maximum Gasteiger partial charge on any atom is 0.237 e. The van der Waals surface area contributed by atoms with Crippen molar-refractivity contribution >= 4 is 5.69 Å². The van der Waals surface area contributed by atoms with Crippen molar-refractivity contribution in [2.24, 2.45) is 0 Å². The fraction of sp³-hybridized carbons (Fsp3) is 0.312. The standard InChI is InChI=1S/C16H18F2N2O/c1-10(2)21-16-14(8-5-9-19-16)20-11(3)12-6-4-7-13(17)15(12)18/h4-11,20H,1-3H3. The summed E-state index contributed by atoms with van der Waals surface area (Å²) in [6.45, 7) is 5.55. The van der Waals surface area contributed by atoms with Crippen LogP contribution in [0.2, 0.25) is 0 Å². The quantitative estimate of drug-likeness (QED) is 0.891. The lowest BCUT2D eigenvalue weighted by atomic mass is 10.1. The lowest BCUT2D eigenvalue weighted by molar-refractivity contribution is 0.234. The number of pyridine rings is 1. The Morgan fingerprint density at radius 2 is 1.86 bits per heavy atom. The molecule has 3 nitrogen and oxygen atoms in total. The first kappa shape index (κ1) is 15.2. The second-order valence-electron chi connectivity index (χ2n) is 5.03. The summed E-state index contributed by atoms with van der Waals surface area (Å²) in [4.78, 5) is 4.15. The SMILES string of the molecule is CC(C)Oc1ncccc1NC(C)c1cccc(F)c1F. The van der Waals surface area contributed by atoms with Gasteiger partial charge in [-0.2, -0.15) is 0 Å². The van der Waals surface area contributed by atoms with E-state index in [1.807, 2.05) is 13.8 Å². The smallest absolute Gasteiger partial charge is 0.237 e. The van der Waals surface area contributed by atoms with E-state index in [1.165, 1.54) is 6.07 Å². The van der Waals surface area contributed by atoms with Crippen molar-refractivity contribution in [3.63, 3.8) is 0 Å². The van der Waals surface area contributed by atoms with E-state index < -0.39 is 17.7 Å². The summed E-state index contributed by atoms with van der Waals surface area (Å²) in [6.07, 6.45) is 1.60. The molecule has 5 heteroatoms. The lowest BCUT2D eigenvalue weighted by Crippen LogP contribution is -2.13. The maximum atomic E-state index is 13.8. The van der Waals surface area contributed by atoms with Gasteiger partial charge in [-0.15, -0.1) is 0 Å². The number of nitrogens with one attached hydrogen (secondary N) is 1. The first-order chi connectivity index (χ1) is 9.99. The van der Waals surface area contributed by atoms with Gasteiger partial charge in [0.15, 0.2) is 11.6 Å². The Kier molecular flexibility index (Phi) is 4.73. The average molecular weight is 292 g/mol. The minimum atomic E-state index is -0.856. The molecule has 0 aliphatic carbocycles. The van der Waals surface area contributed by atoms with Gasteiger partial charge >= 0.3 is 0 Å². The molecule has 0 amide bonds. The van der Waals surface area contributed by atoms with E-state index in [9.17, 15) is 8.78 Å². The van der Waals surface area contributed by atoms with Crippen LogP contribution < -0.4 is 10.1 Å². The van der Waals surface area contributed by atoms with Gasteiger partial charge in [0.25, 0.3) is 0 Å². The van der Waals surface area contributed by atoms with Crippen molar-refractivity contribution in [2.45, 2.75) is 32.9 Å². The van der Waals surface area contributed by atoms with Gasteiger partial charge in [-0.05, 0) is 39.0 Å². The molecule has 0 spiro atoms. The number of halogens is 2. The summed E-state index contributed by atoms with van der Waals surface area (Å²) in [7, 11) is 0. The van der Waals surface area contributed by atoms with Crippen molar-refractivity contribution < 1.29 is 13.5 Å². The summed E-state index contributed by atoms with van der Waals surface area (Å²) in [5.41, 5.74) is 0.900. The highest BCUT2D eigenvalue weighted by molar-refractivity contribution is 5.53. The second kappa shape index (κ2) is 6.52. The van der Waals surface area contributed by atoms with E-state index in [0.717, 1.165) is 6.07 Å². The zero-order valence-electron chi connectivity index (χ0n) is 12.2. The Hall–Kier alpha value is -2.17. The molecule has 0 saturated carbocycles. The number of aromatic nitrogens is 1. The van der Waals surface area contributed by atoms with Gasteiger partial charge in [-0.3, -0.25) is 0 Å². The van der Waals surface area contributed by atoms with Gasteiger partial charge in [0, 0.05) is 11.8 Å². The highest BCUT2D eigenvalue weighted by Crippen LogP contribution is 2.28. The molecule has 0 saturated heterocycles. The van der Waals surface area contributed by atoms with Crippen molar-refractivity contribution in [1.29, 1.82) is 0 Å². The number of benzene rings is 1. The van der Waals surface area contributed by atoms with Gasteiger partial charge in [0.1, 0.15) is 0 Å². The van der Waals surface area contributed by atoms with Crippen LogP contribution in [-0.2, 0) is 0 Å². The highest BCUT2D eigenvalue weighted by atomic mass is 19.2. The first-order valence-electron chi connectivity index (χ1n) is 6.81. The van der Waals surface area contributed by atoms with Gasteiger partial charge in [0.05, 0.1) is 17.8 Å². The van der Waals surface area contributed by atoms with Crippen LogP contribution in [0.15, 0.2) is 36.5 Å². The van der Waals surface area contributed by atoms with Crippen molar-refractivity contribution in [2.75, 3.05) is 5.32 Å². The van der Waals surface area contributed by atoms with Crippen LogP contribution in [0.1, 0.15) is 32.4 Å². The Morgan fingerprint density at radius 3 is 2.57 bits per heavy atom. The minimum Gasteiger partial charge on any atom is -0.473 e. The number of ether oxygens (including phenoxy) is 1. The minimum absolute atomic E-state index is 0.0262. The van der Waals surface area contributed by atoms with E-state index >= 15 is 0 Å². The topological polar surface area (TPSA) is 34.1 Å². The van der Waals surface area contributed by atoms with Crippen LogP contribution >= 0.6 is 0 Å². The predicted molar refractivity (Wildman–Crippen MR) is 78.4 cm³/mol. The molecule has 0 radical (unpaired) electrons. The number of rotatable bonds is 5. The molecular weight excluding hydrogens is 274 g/mol. The Labute approximate surface area is 123 Å².